The summed E-state index contributed by atoms with van der Waals surface area (Å²) in [4.78, 5) is 12.3. The van der Waals surface area contributed by atoms with E-state index in [1.54, 1.807) is 6.07 Å². The summed E-state index contributed by atoms with van der Waals surface area (Å²) in [5.41, 5.74) is 2.12. The van der Waals surface area contributed by atoms with Crippen LogP contribution in [0.15, 0.2) is 30.3 Å². The van der Waals surface area contributed by atoms with E-state index < -0.39 is 17.5 Å². The summed E-state index contributed by atoms with van der Waals surface area (Å²) in [5.74, 6) is -2.24. The number of rotatable bonds is 4. The fourth-order valence-corrected chi connectivity index (χ4v) is 2.61. The Balaban J connectivity index is 2.41. The molecule has 1 amide bonds. The molecule has 0 aliphatic rings. The van der Waals surface area contributed by atoms with Gasteiger partial charge in [-0.2, -0.15) is 0 Å². The van der Waals surface area contributed by atoms with Crippen molar-refractivity contribution in [2.45, 2.75) is 26.7 Å². The quantitative estimate of drug-likeness (QED) is 0.843. The first-order valence-corrected chi connectivity index (χ1v) is 7.42. The third kappa shape index (κ3) is 3.28. The van der Waals surface area contributed by atoms with Gasteiger partial charge in [0.05, 0.1) is 5.56 Å². The van der Waals surface area contributed by atoms with Gasteiger partial charge in [0.1, 0.15) is 11.6 Å². The van der Waals surface area contributed by atoms with Crippen molar-refractivity contribution in [1.29, 1.82) is 0 Å². The zero-order chi connectivity index (χ0) is 16.3. The van der Waals surface area contributed by atoms with Gasteiger partial charge in [-0.1, -0.05) is 31.5 Å². The highest BCUT2D eigenvalue weighted by Gasteiger charge is 2.17. The smallest absolute Gasteiger partial charge is 0.258 e. The lowest BCUT2D eigenvalue weighted by Crippen LogP contribution is -2.16. The van der Waals surface area contributed by atoms with E-state index in [4.69, 9.17) is 11.6 Å². The van der Waals surface area contributed by atoms with Crippen molar-refractivity contribution >= 4 is 23.2 Å². The molecule has 2 aromatic rings. The Morgan fingerprint density at radius 2 is 1.86 bits per heavy atom. The fraction of sp³-hybridized carbons (Fsp3) is 0.235. The molecule has 0 saturated carbocycles. The van der Waals surface area contributed by atoms with Crippen LogP contribution < -0.4 is 5.32 Å². The molecule has 5 heteroatoms. The van der Waals surface area contributed by atoms with E-state index in [1.807, 2.05) is 19.9 Å². The van der Waals surface area contributed by atoms with Gasteiger partial charge in [0.15, 0.2) is 0 Å². The number of carbonyl (C=O) groups excluding carboxylic acids is 1. The van der Waals surface area contributed by atoms with E-state index >= 15 is 0 Å². The van der Waals surface area contributed by atoms with Crippen LogP contribution in [0.3, 0.4) is 0 Å². The summed E-state index contributed by atoms with van der Waals surface area (Å²) in [6.45, 7) is 3.88. The summed E-state index contributed by atoms with van der Waals surface area (Å²) >= 11 is 6.17. The van der Waals surface area contributed by atoms with Gasteiger partial charge in [-0.15, -0.1) is 0 Å². The Kier molecular flexibility index (Phi) is 5.14. The van der Waals surface area contributed by atoms with Gasteiger partial charge in [-0.25, -0.2) is 8.78 Å². The predicted molar refractivity (Wildman–Crippen MR) is 84.5 cm³/mol. The zero-order valence-electron chi connectivity index (χ0n) is 12.3. The first kappa shape index (κ1) is 16.4. The molecule has 0 radical (unpaired) electrons. The molecule has 0 aliphatic heterocycles. The van der Waals surface area contributed by atoms with Crippen LogP contribution >= 0.6 is 11.6 Å². The van der Waals surface area contributed by atoms with E-state index in [-0.39, 0.29) is 5.56 Å². The number of anilines is 1. The number of hydrogen-bond donors (Lipinski definition) is 1. The minimum absolute atomic E-state index is 0.203. The van der Waals surface area contributed by atoms with Crippen molar-refractivity contribution in [3.05, 3.63) is 63.7 Å². The summed E-state index contributed by atoms with van der Waals surface area (Å²) in [5, 5.41) is 3.26. The highest BCUT2D eigenvalue weighted by molar-refractivity contribution is 6.32. The number of amides is 1. The monoisotopic (exact) mass is 323 g/mol. The molecular formula is C17H16ClF2NO. The van der Waals surface area contributed by atoms with E-state index in [0.29, 0.717) is 29.6 Å². The second-order valence-electron chi connectivity index (χ2n) is 4.85. The lowest BCUT2D eigenvalue weighted by molar-refractivity contribution is 0.102. The molecule has 0 atom stereocenters. The Hall–Kier alpha value is -1.94. The molecule has 0 bridgehead atoms. The molecule has 22 heavy (non-hydrogen) atoms. The highest BCUT2D eigenvalue weighted by Crippen LogP contribution is 2.30. The van der Waals surface area contributed by atoms with E-state index in [1.165, 1.54) is 0 Å². The number of carbonyl (C=O) groups is 1. The third-order valence-corrected chi connectivity index (χ3v) is 3.84. The van der Waals surface area contributed by atoms with Gasteiger partial charge in [0.25, 0.3) is 5.91 Å². The summed E-state index contributed by atoms with van der Waals surface area (Å²) in [7, 11) is 0. The van der Waals surface area contributed by atoms with Crippen LogP contribution in [0, 0.1) is 11.6 Å². The van der Waals surface area contributed by atoms with E-state index in [2.05, 4.69) is 5.32 Å². The lowest BCUT2D eigenvalue weighted by atomic mass is 10.0. The Labute approximate surface area is 133 Å². The maximum absolute atomic E-state index is 13.7. The topological polar surface area (TPSA) is 29.1 Å². The van der Waals surface area contributed by atoms with Crippen LogP contribution in [0.5, 0.6) is 0 Å². The molecule has 0 aromatic heterocycles. The van der Waals surface area contributed by atoms with Crippen LogP contribution in [0.4, 0.5) is 14.5 Å². The average molecular weight is 324 g/mol. The molecule has 0 unspecified atom stereocenters. The number of hydrogen-bond acceptors (Lipinski definition) is 1. The molecule has 0 saturated heterocycles. The first-order valence-electron chi connectivity index (χ1n) is 7.04. The lowest BCUT2D eigenvalue weighted by Gasteiger charge is -2.16. The summed E-state index contributed by atoms with van der Waals surface area (Å²) in [6, 6.07) is 6.49. The van der Waals surface area contributed by atoms with E-state index in [0.717, 1.165) is 23.3 Å². The van der Waals surface area contributed by atoms with Crippen LogP contribution in [-0.2, 0) is 12.8 Å². The number of halogens is 3. The molecule has 1 N–H and O–H groups in total. The zero-order valence-corrected chi connectivity index (χ0v) is 13.1. The SMILES string of the molecule is CCc1ccc(Cl)c(CC)c1NC(=O)c1ccc(F)cc1F. The third-order valence-electron chi connectivity index (χ3n) is 3.49. The molecule has 116 valence electrons. The van der Waals surface area contributed by atoms with Crippen LogP contribution in [0.1, 0.15) is 35.3 Å². The molecule has 2 aromatic carbocycles. The molecule has 2 nitrogen and oxygen atoms in total. The molecular weight excluding hydrogens is 308 g/mol. The minimum atomic E-state index is -0.893. The molecule has 2 rings (SSSR count). The number of benzene rings is 2. The Bertz CT molecular complexity index is 716. The molecule has 0 spiro atoms. The normalized spacial score (nSPS) is 10.6. The van der Waals surface area contributed by atoms with Crippen molar-refractivity contribution in [3.8, 4) is 0 Å². The van der Waals surface area contributed by atoms with Crippen LogP contribution in [0.2, 0.25) is 5.02 Å². The maximum atomic E-state index is 13.7. The standard InChI is InChI=1S/C17H16ClF2NO/c1-3-10-5-8-14(18)12(4-2)16(10)21-17(22)13-7-6-11(19)9-15(13)20/h5-9H,3-4H2,1-2H3,(H,21,22). The minimum Gasteiger partial charge on any atom is -0.321 e. The molecule has 0 heterocycles. The van der Waals surface area contributed by atoms with Crippen molar-refractivity contribution in [3.63, 3.8) is 0 Å². The Morgan fingerprint density at radius 1 is 1.14 bits per heavy atom. The Morgan fingerprint density at radius 3 is 2.45 bits per heavy atom. The van der Waals surface area contributed by atoms with Crippen molar-refractivity contribution < 1.29 is 13.6 Å². The second-order valence-corrected chi connectivity index (χ2v) is 5.25. The van der Waals surface area contributed by atoms with Gasteiger partial charge in [0, 0.05) is 16.8 Å². The van der Waals surface area contributed by atoms with E-state index in [9.17, 15) is 13.6 Å². The average Bonchev–Trinajstić information content (AvgIpc) is 2.47. The van der Waals surface area contributed by atoms with Gasteiger partial charge in [0.2, 0.25) is 0 Å². The van der Waals surface area contributed by atoms with Crippen molar-refractivity contribution in [2.24, 2.45) is 0 Å². The maximum Gasteiger partial charge on any atom is 0.258 e. The number of nitrogens with one attached hydrogen (secondary N) is 1. The fourth-order valence-electron chi connectivity index (χ4n) is 2.32. The van der Waals surface area contributed by atoms with Gasteiger partial charge >= 0.3 is 0 Å². The van der Waals surface area contributed by atoms with Crippen LogP contribution in [0.25, 0.3) is 0 Å². The van der Waals surface area contributed by atoms with Gasteiger partial charge in [-0.05, 0) is 42.2 Å². The van der Waals surface area contributed by atoms with Crippen molar-refractivity contribution in [2.75, 3.05) is 5.32 Å². The first-order chi connectivity index (χ1) is 10.5. The number of aryl methyl sites for hydroxylation is 1. The largest absolute Gasteiger partial charge is 0.321 e. The van der Waals surface area contributed by atoms with Gasteiger partial charge < -0.3 is 5.32 Å². The molecule has 0 aliphatic carbocycles. The van der Waals surface area contributed by atoms with Crippen molar-refractivity contribution in [1.82, 2.24) is 0 Å². The summed E-state index contributed by atoms with van der Waals surface area (Å²) < 4.78 is 26.7. The highest BCUT2D eigenvalue weighted by atomic mass is 35.5. The van der Waals surface area contributed by atoms with Gasteiger partial charge in [-0.3, -0.25) is 4.79 Å². The molecule has 0 fully saturated rings. The summed E-state index contributed by atoms with van der Waals surface area (Å²) in [6.07, 6.45) is 1.33. The second kappa shape index (κ2) is 6.88. The van der Waals surface area contributed by atoms with Crippen LogP contribution in [-0.4, -0.2) is 5.91 Å². The predicted octanol–water partition coefficient (Wildman–Crippen LogP) is 5.00.